The van der Waals surface area contributed by atoms with Crippen molar-refractivity contribution in [2.24, 2.45) is 0 Å². The number of hydrazine groups is 1. The summed E-state index contributed by atoms with van der Waals surface area (Å²) in [7, 11) is 0. The lowest BCUT2D eigenvalue weighted by Crippen LogP contribution is -2.76. The Morgan fingerprint density at radius 1 is 0.951 bits per heavy atom. The molecule has 10 nitrogen and oxygen atoms in total. The number of rotatable bonds is 6. The third-order valence-electron chi connectivity index (χ3n) is 7.54. The number of nitrogens with one attached hydrogen (secondary N) is 2. The number of fused-ring (bicyclic) bond motifs is 2. The molecule has 0 bridgehead atoms. The van der Waals surface area contributed by atoms with E-state index in [-0.39, 0.29) is 43.1 Å². The van der Waals surface area contributed by atoms with Crippen LogP contribution in [0.25, 0.3) is 10.9 Å². The van der Waals surface area contributed by atoms with Crippen LogP contribution >= 0.6 is 0 Å². The molecule has 2 aliphatic heterocycles. The molecule has 2 aliphatic rings. The van der Waals surface area contributed by atoms with Crippen LogP contribution in [0.3, 0.4) is 0 Å². The number of phenolic OH excluding ortho intramolecular Hbond substituents is 1. The Morgan fingerprint density at radius 3 is 2.54 bits per heavy atom. The van der Waals surface area contributed by atoms with Gasteiger partial charge in [-0.1, -0.05) is 60.7 Å². The first-order valence-corrected chi connectivity index (χ1v) is 13.5. The van der Waals surface area contributed by atoms with Crippen molar-refractivity contribution in [2.45, 2.75) is 31.7 Å². The Kier molecular flexibility index (Phi) is 7.22. The zero-order chi connectivity index (χ0) is 28.3. The predicted octanol–water partition coefficient (Wildman–Crippen LogP) is 2.78. The van der Waals surface area contributed by atoms with Crippen molar-refractivity contribution >= 4 is 28.7 Å². The maximum atomic E-state index is 14.0. The first kappa shape index (κ1) is 26.3. The van der Waals surface area contributed by atoms with E-state index >= 15 is 0 Å². The molecule has 0 aliphatic carbocycles. The van der Waals surface area contributed by atoms with Gasteiger partial charge in [0.05, 0.1) is 18.6 Å². The van der Waals surface area contributed by atoms with E-state index in [1.165, 1.54) is 9.91 Å². The average molecular weight is 551 g/mol. The third kappa shape index (κ3) is 5.55. The van der Waals surface area contributed by atoms with Crippen LogP contribution in [0.1, 0.15) is 16.7 Å². The van der Waals surface area contributed by atoms with Crippen molar-refractivity contribution in [3.63, 3.8) is 0 Å². The maximum Gasteiger partial charge on any atom is 0.334 e. The van der Waals surface area contributed by atoms with Crippen LogP contribution in [-0.4, -0.2) is 68.0 Å². The minimum absolute atomic E-state index is 0.106. The molecule has 2 atom stereocenters. The second-order valence-corrected chi connectivity index (χ2v) is 10.3. The van der Waals surface area contributed by atoms with Gasteiger partial charge in [-0.05, 0) is 41.0 Å². The molecule has 4 amide bonds. The maximum absolute atomic E-state index is 14.0. The molecule has 0 saturated carbocycles. The van der Waals surface area contributed by atoms with E-state index in [9.17, 15) is 19.5 Å². The van der Waals surface area contributed by atoms with Crippen LogP contribution in [0.2, 0.25) is 0 Å². The van der Waals surface area contributed by atoms with Crippen LogP contribution in [-0.2, 0) is 29.1 Å². The molecule has 3 N–H and O–H groups in total. The van der Waals surface area contributed by atoms with Gasteiger partial charge in [-0.2, -0.15) is 0 Å². The van der Waals surface area contributed by atoms with E-state index in [0.717, 1.165) is 27.6 Å². The first-order valence-electron chi connectivity index (χ1n) is 13.5. The van der Waals surface area contributed by atoms with Gasteiger partial charge in [-0.25, -0.2) is 15.2 Å². The number of aromatic hydroxyl groups is 1. The zero-order valence-corrected chi connectivity index (χ0v) is 22.3. The van der Waals surface area contributed by atoms with Gasteiger partial charge in [0.1, 0.15) is 18.0 Å². The van der Waals surface area contributed by atoms with E-state index in [1.807, 2.05) is 60.7 Å². The summed E-state index contributed by atoms with van der Waals surface area (Å²) in [5.41, 5.74) is 6.44. The fourth-order valence-corrected chi connectivity index (χ4v) is 5.49. The fraction of sp³-hybridized carbons (Fsp3) is 0.226. The van der Waals surface area contributed by atoms with E-state index in [2.05, 4.69) is 15.7 Å². The number of hydrogen-bond donors (Lipinski definition) is 3. The normalized spacial score (nSPS) is 18.9. The highest BCUT2D eigenvalue weighted by Crippen LogP contribution is 2.27. The smallest absolute Gasteiger partial charge is 0.334 e. The lowest BCUT2D eigenvalue weighted by molar-refractivity contribution is -0.170. The Balaban J connectivity index is 1.30. The highest BCUT2D eigenvalue weighted by molar-refractivity contribution is 5.91. The van der Waals surface area contributed by atoms with Crippen molar-refractivity contribution in [3.05, 3.63) is 108 Å². The first-order chi connectivity index (χ1) is 20.0. The Labute approximate surface area is 237 Å². The third-order valence-corrected chi connectivity index (χ3v) is 7.54. The van der Waals surface area contributed by atoms with Crippen LogP contribution in [0.5, 0.6) is 5.75 Å². The van der Waals surface area contributed by atoms with Gasteiger partial charge in [0.15, 0.2) is 0 Å². The molecule has 0 radical (unpaired) electrons. The predicted molar refractivity (Wildman–Crippen MR) is 152 cm³/mol. The molecule has 1 aromatic heterocycles. The van der Waals surface area contributed by atoms with Crippen LogP contribution in [0, 0.1) is 0 Å². The number of aromatic nitrogens is 1. The summed E-state index contributed by atoms with van der Waals surface area (Å²) in [6.07, 6.45) is 1.26. The molecule has 4 aromatic rings. The zero-order valence-electron chi connectivity index (χ0n) is 22.3. The Bertz CT molecular complexity index is 1580. The summed E-state index contributed by atoms with van der Waals surface area (Å²) in [4.78, 5) is 48.3. The van der Waals surface area contributed by atoms with Crippen molar-refractivity contribution < 1.29 is 19.5 Å². The van der Waals surface area contributed by atoms with E-state index < -0.39 is 12.2 Å². The molecule has 3 heterocycles. The molecule has 208 valence electrons. The van der Waals surface area contributed by atoms with Gasteiger partial charge in [-0.15, -0.1) is 0 Å². The van der Waals surface area contributed by atoms with Gasteiger partial charge in [-0.3, -0.25) is 14.6 Å². The monoisotopic (exact) mass is 550 g/mol. The molecule has 0 spiro atoms. The highest BCUT2D eigenvalue weighted by Gasteiger charge is 2.49. The number of phenols is 1. The number of nitrogens with zero attached hydrogens (tertiary/aromatic N) is 4. The van der Waals surface area contributed by atoms with Crippen LogP contribution in [0.15, 0.2) is 91.1 Å². The standard InChI is InChI=1S/C31H30N6O4/c38-25-12-9-21(10-13-25)16-27-30(40)35(19-23-8-11-24-7-4-14-32-26(24)15-23)20-28-36(27)29(39)18-34-37(28)31(41)33-17-22-5-2-1-3-6-22/h1-15,27-28,34,38H,16-20H2,(H,33,41)/t27-,28?/m0/s1. The second kappa shape index (κ2) is 11.3. The Morgan fingerprint density at radius 2 is 1.73 bits per heavy atom. The lowest BCUT2D eigenvalue weighted by atomic mass is 9.98. The van der Waals surface area contributed by atoms with E-state index in [4.69, 9.17) is 0 Å². The quantitative estimate of drug-likeness (QED) is 0.340. The summed E-state index contributed by atoms with van der Waals surface area (Å²) in [6, 6.07) is 24.7. The average Bonchev–Trinajstić information content (AvgIpc) is 2.99. The SMILES string of the molecule is O=C1[C@H](Cc2ccc(O)cc2)N2C(=O)CNN(C(=O)NCc3ccccc3)C2CN1Cc1ccc2cccnc2c1. The van der Waals surface area contributed by atoms with Crippen molar-refractivity contribution in [2.75, 3.05) is 13.1 Å². The van der Waals surface area contributed by atoms with E-state index in [1.54, 1.807) is 35.4 Å². The van der Waals surface area contributed by atoms with Crippen LogP contribution in [0.4, 0.5) is 4.79 Å². The van der Waals surface area contributed by atoms with Gasteiger partial charge < -0.3 is 20.2 Å². The minimum Gasteiger partial charge on any atom is -0.508 e. The minimum atomic E-state index is -0.823. The number of benzene rings is 3. The second-order valence-electron chi connectivity index (χ2n) is 10.3. The molecule has 2 fully saturated rings. The van der Waals surface area contributed by atoms with Crippen LogP contribution < -0.4 is 10.7 Å². The summed E-state index contributed by atoms with van der Waals surface area (Å²) in [6.45, 7) is 0.658. The van der Waals surface area contributed by atoms with Gasteiger partial charge >= 0.3 is 6.03 Å². The molecular weight excluding hydrogens is 520 g/mol. The molecule has 41 heavy (non-hydrogen) atoms. The van der Waals surface area contributed by atoms with E-state index in [0.29, 0.717) is 13.1 Å². The molecular formula is C31H30N6O4. The molecule has 1 unspecified atom stereocenters. The van der Waals surface area contributed by atoms with Crippen molar-refractivity contribution in [1.82, 2.24) is 30.5 Å². The number of pyridine rings is 1. The Hall–Kier alpha value is -4.96. The van der Waals surface area contributed by atoms with Gasteiger partial charge in [0.25, 0.3) is 0 Å². The summed E-state index contributed by atoms with van der Waals surface area (Å²) in [5, 5.41) is 15.1. The number of hydrogen-bond acceptors (Lipinski definition) is 6. The number of piperazine rings is 1. The number of amides is 4. The number of carbonyl (C=O) groups excluding carboxylic acids is 3. The lowest BCUT2D eigenvalue weighted by Gasteiger charge is -2.52. The number of urea groups is 1. The van der Waals surface area contributed by atoms with Crippen molar-refractivity contribution in [1.29, 1.82) is 0 Å². The number of carbonyl (C=O) groups is 3. The largest absolute Gasteiger partial charge is 0.508 e. The summed E-state index contributed by atoms with van der Waals surface area (Å²) in [5.74, 6) is -0.336. The highest BCUT2D eigenvalue weighted by atomic mass is 16.3. The summed E-state index contributed by atoms with van der Waals surface area (Å²) >= 11 is 0. The summed E-state index contributed by atoms with van der Waals surface area (Å²) < 4.78 is 0. The molecule has 10 heteroatoms. The topological polar surface area (TPSA) is 118 Å². The van der Waals surface area contributed by atoms with Gasteiger partial charge in [0, 0.05) is 31.1 Å². The molecule has 3 aromatic carbocycles. The fourth-order valence-electron chi connectivity index (χ4n) is 5.49. The van der Waals surface area contributed by atoms with Gasteiger partial charge in [0.2, 0.25) is 11.8 Å². The van der Waals surface area contributed by atoms with Crippen molar-refractivity contribution in [3.8, 4) is 5.75 Å². The molecule has 2 saturated heterocycles. The molecule has 6 rings (SSSR count).